The van der Waals surface area contributed by atoms with Crippen molar-refractivity contribution in [1.82, 2.24) is 15.5 Å². The second-order valence-electron chi connectivity index (χ2n) is 7.69. The van der Waals surface area contributed by atoms with E-state index in [9.17, 15) is 0 Å². The first kappa shape index (κ1) is 19.3. The second-order valence-corrected chi connectivity index (χ2v) is 7.69. The number of nitrogens with zero attached hydrogens (tertiary/aromatic N) is 2. The van der Waals surface area contributed by atoms with Crippen molar-refractivity contribution in [3.05, 3.63) is 0 Å². The fourth-order valence-corrected chi connectivity index (χ4v) is 2.93. The van der Waals surface area contributed by atoms with Crippen molar-refractivity contribution < 1.29 is 0 Å². The third-order valence-corrected chi connectivity index (χ3v) is 4.17. The number of aliphatic imine (C=N–C) groups is 1. The highest BCUT2D eigenvalue weighted by molar-refractivity contribution is 5.80. The molecule has 0 saturated carbocycles. The lowest BCUT2D eigenvalue weighted by Gasteiger charge is -2.32. The fourth-order valence-electron chi connectivity index (χ4n) is 2.93. The lowest BCUT2D eigenvalue weighted by molar-refractivity contribution is 0.206. The number of piperidine rings is 1. The molecule has 4 heteroatoms. The first-order chi connectivity index (χ1) is 10.4. The van der Waals surface area contributed by atoms with Crippen LogP contribution in [0, 0.1) is 5.41 Å². The van der Waals surface area contributed by atoms with Crippen molar-refractivity contribution in [2.75, 3.05) is 32.7 Å². The summed E-state index contributed by atoms with van der Waals surface area (Å²) in [5.74, 6) is 1.00. The Morgan fingerprint density at radius 2 is 1.86 bits per heavy atom. The van der Waals surface area contributed by atoms with E-state index < -0.39 is 0 Å². The molecular weight excluding hydrogens is 272 g/mol. The maximum atomic E-state index is 4.75. The highest BCUT2D eigenvalue weighted by Crippen LogP contribution is 2.20. The molecule has 0 aromatic carbocycles. The van der Waals surface area contributed by atoms with Gasteiger partial charge in [-0.15, -0.1) is 0 Å². The van der Waals surface area contributed by atoms with Crippen LogP contribution in [0.15, 0.2) is 4.99 Å². The van der Waals surface area contributed by atoms with Gasteiger partial charge in [-0.25, -0.2) is 0 Å². The van der Waals surface area contributed by atoms with Gasteiger partial charge in [0.1, 0.15) is 0 Å². The molecule has 0 amide bonds. The molecule has 0 spiro atoms. The molecule has 4 nitrogen and oxygen atoms in total. The van der Waals surface area contributed by atoms with Crippen molar-refractivity contribution in [3.63, 3.8) is 0 Å². The van der Waals surface area contributed by atoms with Crippen LogP contribution in [0.2, 0.25) is 0 Å². The average Bonchev–Trinajstić information content (AvgIpc) is 2.45. The van der Waals surface area contributed by atoms with Crippen LogP contribution in [0.1, 0.15) is 66.7 Å². The zero-order chi connectivity index (χ0) is 16.4. The van der Waals surface area contributed by atoms with Gasteiger partial charge in [-0.1, -0.05) is 27.7 Å². The summed E-state index contributed by atoms with van der Waals surface area (Å²) in [4.78, 5) is 7.32. The van der Waals surface area contributed by atoms with Crippen molar-refractivity contribution in [1.29, 1.82) is 0 Å². The Hall–Kier alpha value is -0.770. The first-order valence-electron chi connectivity index (χ1n) is 9.22. The minimum absolute atomic E-state index is 0.410. The van der Waals surface area contributed by atoms with Gasteiger partial charge in [0, 0.05) is 32.2 Å². The number of rotatable bonds is 7. The molecular formula is C18H38N4. The van der Waals surface area contributed by atoms with Crippen molar-refractivity contribution in [2.45, 2.75) is 72.8 Å². The molecule has 1 rings (SSSR count). The summed E-state index contributed by atoms with van der Waals surface area (Å²) in [5, 5.41) is 7.02. The minimum atomic E-state index is 0.410. The summed E-state index contributed by atoms with van der Waals surface area (Å²) in [6.07, 6.45) is 6.11. The Morgan fingerprint density at radius 1 is 1.18 bits per heavy atom. The van der Waals surface area contributed by atoms with E-state index in [0.29, 0.717) is 11.5 Å². The molecule has 1 aliphatic rings. The number of hydrogen-bond acceptors (Lipinski definition) is 2. The Bertz CT molecular complexity index is 312. The van der Waals surface area contributed by atoms with E-state index in [2.05, 4.69) is 50.2 Å². The number of guanidine groups is 1. The van der Waals surface area contributed by atoms with Crippen molar-refractivity contribution in [3.8, 4) is 0 Å². The normalized spacial score (nSPS) is 18.5. The van der Waals surface area contributed by atoms with Gasteiger partial charge in [0.2, 0.25) is 0 Å². The second kappa shape index (κ2) is 10.1. The van der Waals surface area contributed by atoms with Crippen LogP contribution in [-0.2, 0) is 0 Å². The van der Waals surface area contributed by atoms with Crippen LogP contribution in [0.5, 0.6) is 0 Å². The largest absolute Gasteiger partial charge is 0.357 e. The molecule has 130 valence electrons. The third kappa shape index (κ3) is 8.62. The van der Waals surface area contributed by atoms with Crippen LogP contribution in [0.4, 0.5) is 0 Å². The Kier molecular flexibility index (Phi) is 8.84. The van der Waals surface area contributed by atoms with Gasteiger partial charge in [0.05, 0.1) is 0 Å². The predicted molar refractivity (Wildman–Crippen MR) is 97.6 cm³/mol. The average molecular weight is 311 g/mol. The highest BCUT2D eigenvalue weighted by Gasteiger charge is 2.19. The quantitative estimate of drug-likeness (QED) is 0.431. The molecule has 1 heterocycles. The maximum Gasteiger partial charge on any atom is 0.191 e. The Labute approximate surface area is 138 Å². The smallest absolute Gasteiger partial charge is 0.191 e. The molecule has 1 saturated heterocycles. The van der Waals surface area contributed by atoms with E-state index in [0.717, 1.165) is 25.5 Å². The number of likely N-dealkylation sites (tertiary alicyclic amines) is 1. The van der Waals surface area contributed by atoms with Gasteiger partial charge < -0.3 is 15.5 Å². The summed E-state index contributed by atoms with van der Waals surface area (Å²) in [6, 6.07) is 0.577. The van der Waals surface area contributed by atoms with Gasteiger partial charge in [-0.3, -0.25) is 4.99 Å². The van der Waals surface area contributed by atoms with Gasteiger partial charge in [0.15, 0.2) is 5.96 Å². The molecule has 0 aliphatic carbocycles. The van der Waals surface area contributed by atoms with E-state index in [1.807, 2.05) is 0 Å². The Morgan fingerprint density at radius 3 is 2.41 bits per heavy atom. The molecule has 0 aromatic heterocycles. The van der Waals surface area contributed by atoms with E-state index in [1.54, 1.807) is 0 Å². The van der Waals surface area contributed by atoms with E-state index in [-0.39, 0.29) is 0 Å². The third-order valence-electron chi connectivity index (χ3n) is 4.17. The van der Waals surface area contributed by atoms with E-state index >= 15 is 0 Å². The summed E-state index contributed by atoms with van der Waals surface area (Å²) < 4.78 is 0. The topological polar surface area (TPSA) is 39.7 Å². The van der Waals surface area contributed by atoms with Crippen LogP contribution in [-0.4, -0.2) is 49.6 Å². The number of hydrogen-bond donors (Lipinski definition) is 2. The fraction of sp³-hybridized carbons (Fsp3) is 0.944. The predicted octanol–water partition coefficient (Wildman–Crippen LogP) is 3.24. The van der Waals surface area contributed by atoms with Crippen molar-refractivity contribution >= 4 is 5.96 Å². The summed E-state index contributed by atoms with van der Waals surface area (Å²) >= 11 is 0. The molecule has 0 radical (unpaired) electrons. The van der Waals surface area contributed by atoms with Crippen LogP contribution in [0.25, 0.3) is 0 Å². The van der Waals surface area contributed by atoms with Gasteiger partial charge >= 0.3 is 0 Å². The Balaban J connectivity index is 2.34. The molecule has 0 aromatic rings. The number of nitrogens with one attached hydrogen (secondary N) is 2. The maximum absolute atomic E-state index is 4.75. The summed E-state index contributed by atoms with van der Waals surface area (Å²) in [7, 11) is 0. The van der Waals surface area contributed by atoms with Crippen LogP contribution < -0.4 is 10.6 Å². The molecule has 1 aliphatic heterocycles. The molecule has 2 N–H and O–H groups in total. The van der Waals surface area contributed by atoms with Gasteiger partial charge in [-0.05, 0) is 51.0 Å². The van der Waals surface area contributed by atoms with Crippen LogP contribution in [0.3, 0.4) is 0 Å². The standard InChI is InChI=1S/C18H38N4/c1-6-13-22-14-9-16(10-15-22)21-17(19-7-2)20-12-8-11-18(3,4)5/h16H,6-15H2,1-5H3,(H2,19,20,21). The van der Waals surface area contributed by atoms with Crippen molar-refractivity contribution in [2.24, 2.45) is 10.4 Å². The SMILES string of the molecule is CCCN1CCC(NC(=NCCCC(C)(C)C)NCC)CC1. The lowest BCUT2D eigenvalue weighted by atomic mass is 9.91. The molecule has 0 unspecified atom stereocenters. The van der Waals surface area contributed by atoms with Crippen LogP contribution >= 0.6 is 0 Å². The lowest BCUT2D eigenvalue weighted by Crippen LogP contribution is -2.48. The summed E-state index contributed by atoms with van der Waals surface area (Å²) in [6.45, 7) is 16.8. The van der Waals surface area contributed by atoms with E-state index in [4.69, 9.17) is 4.99 Å². The molecule has 22 heavy (non-hydrogen) atoms. The van der Waals surface area contributed by atoms with E-state index in [1.165, 1.54) is 45.3 Å². The first-order valence-corrected chi connectivity index (χ1v) is 9.22. The molecule has 0 atom stereocenters. The summed E-state index contributed by atoms with van der Waals surface area (Å²) in [5.41, 5.74) is 0.410. The molecule has 1 fully saturated rings. The monoisotopic (exact) mass is 310 g/mol. The van der Waals surface area contributed by atoms with Gasteiger partial charge in [-0.2, -0.15) is 0 Å². The van der Waals surface area contributed by atoms with Gasteiger partial charge in [0.25, 0.3) is 0 Å². The highest BCUT2D eigenvalue weighted by atomic mass is 15.2. The molecule has 0 bridgehead atoms. The minimum Gasteiger partial charge on any atom is -0.357 e. The zero-order valence-corrected chi connectivity index (χ0v) is 15.5. The zero-order valence-electron chi connectivity index (χ0n) is 15.5.